The van der Waals surface area contributed by atoms with Gasteiger partial charge in [0.2, 0.25) is 0 Å². The van der Waals surface area contributed by atoms with Crippen LogP contribution in [0.5, 0.6) is 0 Å². The largest absolute Gasteiger partial charge is 0.329 e. The van der Waals surface area contributed by atoms with E-state index < -0.39 is 0 Å². The minimum Gasteiger partial charge on any atom is -0.329 e. The normalized spacial score (nSPS) is 21.9. The third kappa shape index (κ3) is 4.22. The molecule has 19 heavy (non-hydrogen) atoms. The highest BCUT2D eigenvalue weighted by atomic mass is 79.9. The van der Waals surface area contributed by atoms with Crippen LogP contribution in [0.25, 0.3) is 0 Å². The van der Waals surface area contributed by atoms with Crippen LogP contribution in [-0.2, 0) is 0 Å². The van der Waals surface area contributed by atoms with Crippen LogP contribution in [0.1, 0.15) is 31.9 Å². The highest BCUT2D eigenvalue weighted by molar-refractivity contribution is 9.10. The van der Waals surface area contributed by atoms with Crippen LogP contribution < -0.4 is 5.73 Å². The third-order valence-corrected chi connectivity index (χ3v) is 5.69. The summed E-state index contributed by atoms with van der Waals surface area (Å²) < 4.78 is 1.52. The molecule has 1 aliphatic rings. The van der Waals surface area contributed by atoms with Gasteiger partial charge in [-0.3, -0.25) is 4.90 Å². The molecule has 1 fully saturated rings. The zero-order valence-electron chi connectivity index (χ0n) is 11.7. The van der Waals surface area contributed by atoms with Crippen LogP contribution in [0.15, 0.2) is 28.7 Å². The third-order valence-electron chi connectivity index (χ3n) is 3.79. The minimum absolute atomic E-state index is 0.350. The summed E-state index contributed by atoms with van der Waals surface area (Å²) in [4.78, 5) is 2.55. The van der Waals surface area contributed by atoms with Gasteiger partial charge in [-0.1, -0.05) is 41.9 Å². The lowest BCUT2D eigenvalue weighted by atomic mass is 10.0. The van der Waals surface area contributed by atoms with E-state index in [0.717, 1.165) is 17.6 Å². The van der Waals surface area contributed by atoms with Gasteiger partial charge in [0, 0.05) is 40.6 Å². The average molecular weight is 343 g/mol. The second kappa shape index (κ2) is 6.61. The lowest BCUT2D eigenvalue weighted by Crippen LogP contribution is -2.35. The highest BCUT2D eigenvalue weighted by Gasteiger charge is 2.27. The van der Waals surface area contributed by atoms with Gasteiger partial charge in [-0.15, -0.1) is 0 Å². The summed E-state index contributed by atoms with van der Waals surface area (Å²) in [5.41, 5.74) is 7.36. The fraction of sp³-hybridized carbons (Fsp3) is 0.600. The quantitative estimate of drug-likeness (QED) is 0.908. The first-order chi connectivity index (χ1) is 9.02. The standard InChI is InChI=1S/C15H23BrN2S/c1-15(2)7-8-18(9-10-19-15)14(11-17)12-3-5-13(16)6-4-12/h3-6,14H,7-11,17H2,1-2H3. The van der Waals surface area contributed by atoms with Crippen molar-refractivity contribution in [2.75, 3.05) is 25.4 Å². The Morgan fingerprint density at radius 2 is 2.00 bits per heavy atom. The number of hydrogen-bond donors (Lipinski definition) is 1. The second-order valence-corrected chi connectivity index (χ2v) is 8.41. The van der Waals surface area contributed by atoms with Crippen LogP contribution >= 0.6 is 27.7 Å². The molecule has 4 heteroatoms. The predicted octanol–water partition coefficient (Wildman–Crippen LogP) is 3.67. The van der Waals surface area contributed by atoms with Gasteiger partial charge in [0.05, 0.1) is 0 Å². The van der Waals surface area contributed by atoms with Gasteiger partial charge in [0.15, 0.2) is 0 Å². The minimum atomic E-state index is 0.350. The summed E-state index contributed by atoms with van der Waals surface area (Å²) in [6, 6.07) is 8.93. The molecule has 1 unspecified atom stereocenters. The smallest absolute Gasteiger partial charge is 0.0470 e. The van der Waals surface area contributed by atoms with Crippen molar-refractivity contribution < 1.29 is 0 Å². The Balaban J connectivity index is 2.11. The molecule has 2 N–H and O–H groups in total. The summed E-state index contributed by atoms with van der Waals surface area (Å²) in [6.45, 7) is 7.65. The lowest BCUT2D eigenvalue weighted by Gasteiger charge is -2.30. The molecule has 2 rings (SSSR count). The Morgan fingerprint density at radius 3 is 2.63 bits per heavy atom. The SMILES string of the molecule is CC1(C)CCN(C(CN)c2ccc(Br)cc2)CCS1. The first-order valence-corrected chi connectivity index (χ1v) is 8.63. The van der Waals surface area contributed by atoms with Crippen LogP contribution in [0.3, 0.4) is 0 Å². The molecule has 1 aromatic carbocycles. The maximum Gasteiger partial charge on any atom is 0.0470 e. The molecule has 0 amide bonds. The fourth-order valence-electron chi connectivity index (χ4n) is 2.53. The van der Waals surface area contributed by atoms with Crippen molar-refractivity contribution in [2.24, 2.45) is 5.73 Å². The molecule has 1 saturated heterocycles. The molecule has 1 heterocycles. The number of thioether (sulfide) groups is 1. The van der Waals surface area contributed by atoms with Gasteiger partial charge in [0.1, 0.15) is 0 Å². The van der Waals surface area contributed by atoms with Gasteiger partial charge in [0.25, 0.3) is 0 Å². The summed E-state index contributed by atoms with van der Waals surface area (Å²) >= 11 is 5.57. The van der Waals surface area contributed by atoms with Crippen LogP contribution in [-0.4, -0.2) is 35.0 Å². The van der Waals surface area contributed by atoms with E-state index in [9.17, 15) is 0 Å². The number of nitrogens with zero attached hydrogens (tertiary/aromatic N) is 1. The first kappa shape index (κ1) is 15.4. The van der Waals surface area contributed by atoms with Gasteiger partial charge >= 0.3 is 0 Å². The van der Waals surface area contributed by atoms with Gasteiger partial charge in [-0.25, -0.2) is 0 Å². The molecule has 0 radical (unpaired) electrons. The van der Waals surface area contributed by atoms with Crippen LogP contribution in [0.2, 0.25) is 0 Å². The highest BCUT2D eigenvalue weighted by Crippen LogP contribution is 2.33. The van der Waals surface area contributed by atoms with Crippen LogP contribution in [0.4, 0.5) is 0 Å². The molecule has 1 atom stereocenters. The number of rotatable bonds is 3. The monoisotopic (exact) mass is 342 g/mol. The molecular weight excluding hydrogens is 320 g/mol. The molecule has 1 aromatic rings. The fourth-order valence-corrected chi connectivity index (χ4v) is 3.91. The van der Waals surface area contributed by atoms with E-state index >= 15 is 0 Å². The van der Waals surface area contributed by atoms with E-state index in [2.05, 4.69) is 70.7 Å². The first-order valence-electron chi connectivity index (χ1n) is 6.85. The average Bonchev–Trinajstić information content (AvgIpc) is 2.54. The molecule has 0 spiro atoms. The molecule has 0 bridgehead atoms. The van der Waals surface area contributed by atoms with Gasteiger partial charge in [-0.05, 0) is 24.1 Å². The number of nitrogens with two attached hydrogens (primary N) is 1. The summed E-state index contributed by atoms with van der Waals surface area (Å²) in [6.07, 6.45) is 1.23. The summed E-state index contributed by atoms with van der Waals surface area (Å²) in [7, 11) is 0. The van der Waals surface area contributed by atoms with Crippen molar-refractivity contribution in [1.29, 1.82) is 0 Å². The van der Waals surface area contributed by atoms with Gasteiger partial charge < -0.3 is 5.73 Å². The zero-order chi connectivity index (χ0) is 13.9. The molecule has 1 aliphatic heterocycles. The van der Waals surface area contributed by atoms with E-state index in [4.69, 9.17) is 5.73 Å². The van der Waals surface area contributed by atoms with Crippen LogP contribution in [0, 0.1) is 0 Å². The van der Waals surface area contributed by atoms with E-state index in [0.29, 0.717) is 17.3 Å². The Bertz CT molecular complexity index is 405. The number of hydrogen-bond acceptors (Lipinski definition) is 3. The zero-order valence-corrected chi connectivity index (χ0v) is 14.1. The summed E-state index contributed by atoms with van der Waals surface area (Å²) in [5.74, 6) is 1.19. The van der Waals surface area contributed by atoms with Crippen molar-refractivity contribution >= 4 is 27.7 Å². The maximum absolute atomic E-state index is 6.03. The second-order valence-electron chi connectivity index (χ2n) is 5.70. The number of halogens is 1. The van der Waals surface area contributed by atoms with Crippen molar-refractivity contribution in [3.63, 3.8) is 0 Å². The van der Waals surface area contributed by atoms with Crippen molar-refractivity contribution in [1.82, 2.24) is 4.90 Å². The van der Waals surface area contributed by atoms with Crippen molar-refractivity contribution in [2.45, 2.75) is 31.1 Å². The van der Waals surface area contributed by atoms with Gasteiger partial charge in [-0.2, -0.15) is 11.8 Å². The Kier molecular flexibility index (Phi) is 5.35. The Morgan fingerprint density at radius 1 is 1.32 bits per heavy atom. The molecule has 0 saturated carbocycles. The molecule has 106 valence electrons. The Hall–Kier alpha value is -0.0300. The molecule has 2 nitrogen and oxygen atoms in total. The predicted molar refractivity (Wildman–Crippen MR) is 88.7 cm³/mol. The number of benzene rings is 1. The van der Waals surface area contributed by atoms with E-state index in [1.807, 2.05) is 0 Å². The Labute approximate surface area is 129 Å². The molecule has 0 aromatic heterocycles. The lowest BCUT2D eigenvalue weighted by molar-refractivity contribution is 0.211. The topological polar surface area (TPSA) is 29.3 Å². The molecular formula is C15H23BrN2S. The maximum atomic E-state index is 6.03. The summed E-state index contributed by atoms with van der Waals surface area (Å²) in [5, 5.41) is 0. The van der Waals surface area contributed by atoms with Crippen molar-refractivity contribution in [3.8, 4) is 0 Å². The molecule has 0 aliphatic carbocycles. The van der Waals surface area contributed by atoms with E-state index in [-0.39, 0.29) is 0 Å². The van der Waals surface area contributed by atoms with Crippen molar-refractivity contribution in [3.05, 3.63) is 34.3 Å². The van der Waals surface area contributed by atoms with E-state index in [1.54, 1.807) is 0 Å². The van der Waals surface area contributed by atoms with E-state index in [1.165, 1.54) is 17.7 Å².